The number of rotatable bonds is 2. The van der Waals surface area contributed by atoms with Crippen LogP contribution >= 0.6 is 15.9 Å². The van der Waals surface area contributed by atoms with E-state index in [0.29, 0.717) is 12.1 Å². The van der Waals surface area contributed by atoms with Gasteiger partial charge in [-0.1, -0.05) is 22.0 Å². The van der Waals surface area contributed by atoms with E-state index in [1.54, 1.807) is 6.08 Å². The first-order valence-electron chi connectivity index (χ1n) is 4.86. The van der Waals surface area contributed by atoms with E-state index < -0.39 is 0 Å². The Morgan fingerprint density at radius 2 is 2.00 bits per heavy atom. The van der Waals surface area contributed by atoms with Crippen LogP contribution in [-0.4, -0.2) is 12.5 Å². The molecule has 1 aromatic rings. The molecule has 0 aromatic heterocycles. The van der Waals surface area contributed by atoms with Crippen molar-refractivity contribution in [3.8, 4) is 0 Å². The largest absolute Gasteiger partial charge is 0.366 e. The fraction of sp³-hybridized carbons (Fsp3) is 0.0833. The van der Waals surface area contributed by atoms with Crippen LogP contribution in [0.1, 0.15) is 0 Å². The number of allylic oxidation sites excluding steroid dienone is 2. The summed E-state index contributed by atoms with van der Waals surface area (Å²) in [4.78, 5) is 13.0. The van der Waals surface area contributed by atoms with Crippen molar-refractivity contribution in [2.24, 2.45) is 5.73 Å². The monoisotopic (exact) mass is 278 g/mol. The maximum atomic E-state index is 11.1. The molecule has 0 saturated carbocycles. The molecule has 0 bridgehead atoms. The average molecular weight is 279 g/mol. The number of carbonyl (C=O) groups is 1. The molecule has 1 aromatic carbocycles. The van der Waals surface area contributed by atoms with Crippen molar-refractivity contribution < 1.29 is 4.79 Å². The zero-order valence-electron chi connectivity index (χ0n) is 8.56. The first kappa shape index (κ1) is 11.0. The highest BCUT2D eigenvalue weighted by molar-refractivity contribution is 9.10. The SMILES string of the molecule is NC(=O)C1=CC=CN(c2ccc(Br)cc2)C1. The van der Waals surface area contributed by atoms with Gasteiger partial charge in [-0.05, 0) is 30.3 Å². The molecule has 2 rings (SSSR count). The Morgan fingerprint density at radius 1 is 1.31 bits per heavy atom. The van der Waals surface area contributed by atoms with E-state index in [9.17, 15) is 4.79 Å². The zero-order chi connectivity index (χ0) is 11.5. The van der Waals surface area contributed by atoms with Crippen LogP contribution in [0.5, 0.6) is 0 Å². The second kappa shape index (κ2) is 4.53. The van der Waals surface area contributed by atoms with E-state index in [1.165, 1.54) is 0 Å². The summed E-state index contributed by atoms with van der Waals surface area (Å²) in [5.41, 5.74) is 6.91. The fourth-order valence-corrected chi connectivity index (χ4v) is 1.79. The highest BCUT2D eigenvalue weighted by Gasteiger charge is 2.12. The predicted molar refractivity (Wildman–Crippen MR) is 67.9 cm³/mol. The number of nitrogens with zero attached hydrogens (tertiary/aromatic N) is 1. The van der Waals surface area contributed by atoms with Crippen LogP contribution in [0.2, 0.25) is 0 Å². The number of amides is 1. The molecule has 4 heteroatoms. The maximum absolute atomic E-state index is 11.1. The minimum absolute atomic E-state index is 0.369. The molecule has 0 fully saturated rings. The van der Waals surface area contributed by atoms with Gasteiger partial charge in [0, 0.05) is 21.9 Å². The van der Waals surface area contributed by atoms with Crippen LogP contribution in [-0.2, 0) is 4.79 Å². The third-order valence-corrected chi connectivity index (χ3v) is 2.91. The summed E-state index contributed by atoms with van der Waals surface area (Å²) in [6, 6.07) is 7.90. The topological polar surface area (TPSA) is 46.3 Å². The molecule has 82 valence electrons. The maximum Gasteiger partial charge on any atom is 0.246 e. The molecule has 3 nitrogen and oxygen atoms in total. The molecule has 1 amide bonds. The van der Waals surface area contributed by atoms with Crippen molar-refractivity contribution in [2.75, 3.05) is 11.4 Å². The van der Waals surface area contributed by atoms with E-state index >= 15 is 0 Å². The number of benzene rings is 1. The summed E-state index contributed by atoms with van der Waals surface area (Å²) in [7, 11) is 0. The molecule has 2 N–H and O–H groups in total. The van der Waals surface area contributed by atoms with Gasteiger partial charge in [-0.25, -0.2) is 0 Å². The quantitative estimate of drug-likeness (QED) is 0.902. The summed E-state index contributed by atoms with van der Waals surface area (Å²) in [6.45, 7) is 0.521. The van der Waals surface area contributed by atoms with Crippen molar-refractivity contribution >= 4 is 27.5 Å². The number of hydrogen-bond acceptors (Lipinski definition) is 2. The molecular formula is C12H11BrN2O. The Morgan fingerprint density at radius 3 is 2.62 bits per heavy atom. The van der Waals surface area contributed by atoms with Gasteiger partial charge in [0.05, 0.1) is 6.54 Å². The Labute approximate surface area is 102 Å². The van der Waals surface area contributed by atoms with E-state index in [0.717, 1.165) is 10.2 Å². The molecule has 16 heavy (non-hydrogen) atoms. The summed E-state index contributed by atoms with van der Waals surface area (Å²) >= 11 is 3.38. The molecule has 0 unspecified atom stereocenters. The van der Waals surface area contributed by atoms with E-state index in [-0.39, 0.29) is 5.91 Å². The van der Waals surface area contributed by atoms with Gasteiger partial charge in [0.25, 0.3) is 0 Å². The Balaban J connectivity index is 2.19. The van der Waals surface area contributed by atoms with Crippen LogP contribution in [0.3, 0.4) is 0 Å². The standard InChI is InChI=1S/C12H11BrN2O/c13-10-3-5-11(6-4-10)15-7-1-2-9(8-15)12(14)16/h1-7H,8H2,(H2,14,16). The van der Waals surface area contributed by atoms with Crippen LogP contribution in [0.25, 0.3) is 0 Å². The second-order valence-corrected chi connectivity index (χ2v) is 4.42. The first-order chi connectivity index (χ1) is 7.66. The van der Waals surface area contributed by atoms with Gasteiger partial charge in [-0.2, -0.15) is 0 Å². The van der Waals surface area contributed by atoms with E-state index in [1.807, 2.05) is 41.4 Å². The van der Waals surface area contributed by atoms with Crippen molar-refractivity contribution in [1.82, 2.24) is 0 Å². The summed E-state index contributed by atoms with van der Waals surface area (Å²) in [5.74, 6) is -0.369. The normalized spacial score (nSPS) is 14.8. The summed E-state index contributed by atoms with van der Waals surface area (Å²) < 4.78 is 1.03. The lowest BCUT2D eigenvalue weighted by Gasteiger charge is -2.23. The molecule has 0 aliphatic carbocycles. The molecular weight excluding hydrogens is 268 g/mol. The smallest absolute Gasteiger partial charge is 0.246 e. The van der Waals surface area contributed by atoms with Gasteiger partial charge in [-0.15, -0.1) is 0 Å². The minimum Gasteiger partial charge on any atom is -0.366 e. The van der Waals surface area contributed by atoms with Gasteiger partial charge in [0.2, 0.25) is 5.91 Å². The van der Waals surface area contributed by atoms with Gasteiger partial charge in [0.15, 0.2) is 0 Å². The van der Waals surface area contributed by atoms with Crippen LogP contribution in [0, 0.1) is 0 Å². The molecule has 1 heterocycles. The third kappa shape index (κ3) is 2.33. The van der Waals surface area contributed by atoms with Gasteiger partial charge in [-0.3, -0.25) is 4.79 Å². The van der Waals surface area contributed by atoms with Gasteiger partial charge >= 0.3 is 0 Å². The molecule has 0 saturated heterocycles. The highest BCUT2D eigenvalue weighted by Crippen LogP contribution is 2.21. The molecule has 0 spiro atoms. The second-order valence-electron chi connectivity index (χ2n) is 3.50. The zero-order valence-corrected chi connectivity index (χ0v) is 10.1. The van der Waals surface area contributed by atoms with Crippen LogP contribution in [0.15, 0.2) is 52.7 Å². The number of halogens is 1. The lowest BCUT2D eigenvalue weighted by atomic mass is 10.1. The summed E-state index contributed by atoms with van der Waals surface area (Å²) in [6.07, 6.45) is 5.50. The van der Waals surface area contributed by atoms with Crippen molar-refractivity contribution in [2.45, 2.75) is 0 Å². The molecule has 1 aliphatic rings. The molecule has 0 atom stereocenters. The highest BCUT2D eigenvalue weighted by atomic mass is 79.9. The number of carbonyl (C=O) groups excluding carboxylic acids is 1. The lowest BCUT2D eigenvalue weighted by Crippen LogP contribution is -2.28. The van der Waals surface area contributed by atoms with E-state index in [2.05, 4.69) is 15.9 Å². The summed E-state index contributed by atoms with van der Waals surface area (Å²) in [5, 5.41) is 0. The van der Waals surface area contributed by atoms with Crippen molar-refractivity contribution in [3.63, 3.8) is 0 Å². The van der Waals surface area contributed by atoms with Gasteiger partial charge in [0.1, 0.15) is 0 Å². The van der Waals surface area contributed by atoms with Crippen molar-refractivity contribution in [1.29, 1.82) is 0 Å². The number of primary amides is 1. The Kier molecular flexibility index (Phi) is 3.10. The third-order valence-electron chi connectivity index (χ3n) is 2.38. The minimum atomic E-state index is -0.369. The Hall–Kier alpha value is -1.55. The fourth-order valence-electron chi connectivity index (χ4n) is 1.52. The number of hydrogen-bond donors (Lipinski definition) is 1. The van der Waals surface area contributed by atoms with Crippen LogP contribution < -0.4 is 10.6 Å². The van der Waals surface area contributed by atoms with Gasteiger partial charge < -0.3 is 10.6 Å². The molecule has 0 radical (unpaired) electrons. The number of nitrogens with two attached hydrogens (primary N) is 1. The van der Waals surface area contributed by atoms with Crippen LogP contribution in [0.4, 0.5) is 5.69 Å². The average Bonchev–Trinajstić information content (AvgIpc) is 2.30. The van der Waals surface area contributed by atoms with Crippen molar-refractivity contribution in [3.05, 3.63) is 52.7 Å². The van der Waals surface area contributed by atoms with E-state index in [4.69, 9.17) is 5.73 Å². The first-order valence-corrected chi connectivity index (χ1v) is 5.65. The molecule has 1 aliphatic heterocycles. The Bertz CT molecular complexity index is 462. The number of anilines is 1. The predicted octanol–water partition coefficient (Wildman–Crippen LogP) is 2.19. The lowest BCUT2D eigenvalue weighted by molar-refractivity contribution is -0.114.